The van der Waals surface area contributed by atoms with Crippen molar-refractivity contribution in [1.82, 2.24) is 14.5 Å². The summed E-state index contributed by atoms with van der Waals surface area (Å²) >= 11 is 6.12. The average molecular weight is 381 g/mol. The highest BCUT2D eigenvalue weighted by Crippen LogP contribution is 2.34. The third-order valence-electron chi connectivity index (χ3n) is 5.99. The number of rotatable bonds is 2. The highest BCUT2D eigenvalue weighted by molar-refractivity contribution is 6.30. The number of likely N-dealkylation sites (N-methyl/N-ethyl adjacent to an activating group) is 1. The molecule has 5 rings (SSSR count). The topological polar surface area (TPSA) is 41.4 Å². The maximum atomic E-state index is 13.0. The number of benzene rings is 2. The van der Waals surface area contributed by atoms with Gasteiger partial charge in [-0.25, -0.2) is 4.98 Å². The van der Waals surface area contributed by atoms with Crippen LogP contribution in [0.5, 0.6) is 0 Å². The van der Waals surface area contributed by atoms with Crippen LogP contribution in [0.15, 0.2) is 47.3 Å². The van der Waals surface area contributed by atoms with E-state index in [4.69, 9.17) is 16.6 Å². The molecule has 0 spiro atoms. The van der Waals surface area contributed by atoms with Crippen LogP contribution in [0.25, 0.3) is 22.3 Å². The quantitative estimate of drug-likeness (QED) is 0.685. The van der Waals surface area contributed by atoms with E-state index in [0.717, 1.165) is 29.9 Å². The maximum absolute atomic E-state index is 13.0. The van der Waals surface area contributed by atoms with Crippen molar-refractivity contribution in [2.75, 3.05) is 25.0 Å². The Morgan fingerprint density at radius 1 is 1.07 bits per heavy atom. The molecular formula is C21H21ClN4O. The van der Waals surface area contributed by atoms with Gasteiger partial charge in [0.2, 0.25) is 0 Å². The number of hydrogen-bond donors (Lipinski definition) is 0. The lowest BCUT2D eigenvalue weighted by Crippen LogP contribution is -2.44. The molecule has 0 amide bonds. The summed E-state index contributed by atoms with van der Waals surface area (Å²) in [7, 11) is 3.96. The minimum absolute atomic E-state index is 0.0294. The molecule has 2 bridgehead atoms. The summed E-state index contributed by atoms with van der Waals surface area (Å²) in [5, 5.41) is 1.29. The van der Waals surface area contributed by atoms with Crippen molar-refractivity contribution < 1.29 is 0 Å². The second-order valence-electron chi connectivity index (χ2n) is 7.65. The van der Waals surface area contributed by atoms with Crippen LogP contribution in [0.3, 0.4) is 0 Å². The molecule has 0 saturated carbocycles. The predicted molar refractivity (Wildman–Crippen MR) is 110 cm³/mol. The summed E-state index contributed by atoms with van der Waals surface area (Å²) in [5.74, 6) is 0.629. The lowest BCUT2D eigenvalue weighted by atomic mass is 10.1. The first-order valence-electron chi connectivity index (χ1n) is 9.25. The summed E-state index contributed by atoms with van der Waals surface area (Å²) < 4.78 is 1.61. The largest absolute Gasteiger partial charge is 0.366 e. The van der Waals surface area contributed by atoms with Crippen molar-refractivity contribution in [2.45, 2.75) is 18.5 Å². The third kappa shape index (κ3) is 2.65. The maximum Gasteiger partial charge on any atom is 0.261 e. The van der Waals surface area contributed by atoms with Crippen LogP contribution in [0.2, 0.25) is 5.02 Å². The van der Waals surface area contributed by atoms with Gasteiger partial charge in [0, 0.05) is 48.5 Å². The Bertz CT molecular complexity index is 1110. The van der Waals surface area contributed by atoms with Crippen LogP contribution in [0.1, 0.15) is 6.42 Å². The summed E-state index contributed by atoms with van der Waals surface area (Å²) in [5.41, 5.74) is 2.65. The molecule has 2 saturated heterocycles. The second-order valence-corrected chi connectivity index (χ2v) is 8.08. The number of anilines is 1. The molecule has 0 radical (unpaired) electrons. The van der Waals surface area contributed by atoms with E-state index in [1.165, 1.54) is 6.42 Å². The van der Waals surface area contributed by atoms with Gasteiger partial charge in [0.1, 0.15) is 5.82 Å². The zero-order valence-electron chi connectivity index (χ0n) is 15.4. The number of fused-ring (bicyclic) bond motifs is 3. The van der Waals surface area contributed by atoms with Gasteiger partial charge in [-0.15, -0.1) is 0 Å². The van der Waals surface area contributed by atoms with Crippen LogP contribution < -0.4 is 10.5 Å². The molecule has 5 nitrogen and oxygen atoms in total. The molecule has 2 aliphatic rings. The van der Waals surface area contributed by atoms with E-state index in [1.807, 2.05) is 36.4 Å². The SMILES string of the molecule is CN1C[C@@H]2C[C@@H]1CN2c1ccc2nc(-c3cccc(Cl)c3)n(C)c(=O)c2c1. The van der Waals surface area contributed by atoms with Crippen molar-refractivity contribution in [3.8, 4) is 11.4 Å². The summed E-state index contributed by atoms with van der Waals surface area (Å²) in [6.45, 7) is 2.12. The molecule has 27 heavy (non-hydrogen) atoms. The molecule has 3 aromatic rings. The Hall–Kier alpha value is -2.37. The van der Waals surface area contributed by atoms with Crippen molar-refractivity contribution in [3.05, 3.63) is 57.8 Å². The van der Waals surface area contributed by atoms with Crippen LogP contribution in [-0.2, 0) is 7.05 Å². The highest BCUT2D eigenvalue weighted by Gasteiger charge is 2.41. The summed E-state index contributed by atoms with van der Waals surface area (Å²) in [6.07, 6.45) is 1.21. The molecular weight excluding hydrogens is 360 g/mol. The minimum Gasteiger partial charge on any atom is -0.366 e. The molecule has 0 aliphatic carbocycles. The van der Waals surface area contributed by atoms with E-state index in [0.29, 0.717) is 28.3 Å². The fraction of sp³-hybridized carbons (Fsp3) is 0.333. The molecule has 2 fully saturated rings. The standard InChI is InChI=1S/C21H21ClN4O/c1-24-11-17-9-16(24)12-26(17)15-6-7-19-18(10-15)21(27)25(2)20(23-19)13-4-3-5-14(22)8-13/h3-8,10,16-17H,9,11-12H2,1-2H3/t16-,17+/m1/s1. The zero-order chi connectivity index (χ0) is 18.7. The van der Waals surface area contributed by atoms with Gasteiger partial charge in [-0.3, -0.25) is 14.3 Å². The molecule has 3 heterocycles. The van der Waals surface area contributed by atoms with Gasteiger partial charge in [-0.2, -0.15) is 0 Å². The van der Waals surface area contributed by atoms with Gasteiger partial charge in [-0.1, -0.05) is 23.7 Å². The first-order chi connectivity index (χ1) is 13.0. The Kier molecular flexibility index (Phi) is 3.78. The Balaban J connectivity index is 1.60. The molecule has 0 N–H and O–H groups in total. The predicted octanol–water partition coefficient (Wildman–Crippen LogP) is 3.15. The van der Waals surface area contributed by atoms with Crippen molar-refractivity contribution >= 4 is 28.2 Å². The summed E-state index contributed by atoms with van der Waals surface area (Å²) in [4.78, 5) is 22.7. The molecule has 6 heteroatoms. The first-order valence-corrected chi connectivity index (χ1v) is 9.62. The minimum atomic E-state index is -0.0294. The lowest BCUT2D eigenvalue weighted by Gasteiger charge is -2.33. The van der Waals surface area contributed by atoms with Crippen molar-refractivity contribution in [2.24, 2.45) is 7.05 Å². The van der Waals surface area contributed by atoms with E-state index in [1.54, 1.807) is 11.6 Å². The molecule has 0 unspecified atom stereocenters. The number of piperazine rings is 1. The van der Waals surface area contributed by atoms with Gasteiger partial charge < -0.3 is 4.90 Å². The third-order valence-corrected chi connectivity index (χ3v) is 6.22. The van der Waals surface area contributed by atoms with Gasteiger partial charge in [0.25, 0.3) is 5.56 Å². The fourth-order valence-corrected chi connectivity index (χ4v) is 4.70. The van der Waals surface area contributed by atoms with Gasteiger partial charge in [0.15, 0.2) is 0 Å². The zero-order valence-corrected chi connectivity index (χ0v) is 16.1. The normalized spacial score (nSPS) is 22.1. The average Bonchev–Trinajstić information content (AvgIpc) is 3.24. The van der Waals surface area contributed by atoms with Crippen LogP contribution in [-0.4, -0.2) is 46.7 Å². The number of nitrogens with zero attached hydrogens (tertiary/aromatic N) is 4. The van der Waals surface area contributed by atoms with Gasteiger partial charge in [-0.05, 0) is 43.8 Å². The number of hydrogen-bond acceptors (Lipinski definition) is 4. The second kappa shape index (κ2) is 6.08. The van der Waals surface area contributed by atoms with Crippen LogP contribution in [0, 0.1) is 0 Å². The molecule has 138 valence electrons. The van der Waals surface area contributed by atoms with E-state index >= 15 is 0 Å². The number of likely N-dealkylation sites (tertiary alicyclic amines) is 1. The Morgan fingerprint density at radius 2 is 1.93 bits per heavy atom. The molecule has 2 atom stereocenters. The van der Waals surface area contributed by atoms with Crippen molar-refractivity contribution in [1.29, 1.82) is 0 Å². The fourth-order valence-electron chi connectivity index (χ4n) is 4.51. The van der Waals surface area contributed by atoms with E-state index < -0.39 is 0 Å². The highest BCUT2D eigenvalue weighted by atomic mass is 35.5. The Labute approximate surface area is 162 Å². The van der Waals surface area contributed by atoms with Gasteiger partial charge >= 0.3 is 0 Å². The molecule has 2 aliphatic heterocycles. The monoisotopic (exact) mass is 380 g/mol. The number of halogens is 1. The molecule has 2 aromatic carbocycles. The van der Waals surface area contributed by atoms with Crippen LogP contribution >= 0.6 is 11.6 Å². The summed E-state index contributed by atoms with van der Waals surface area (Å²) in [6, 6.07) is 14.7. The number of aromatic nitrogens is 2. The van der Waals surface area contributed by atoms with Crippen molar-refractivity contribution in [3.63, 3.8) is 0 Å². The van der Waals surface area contributed by atoms with Gasteiger partial charge in [0.05, 0.1) is 10.9 Å². The van der Waals surface area contributed by atoms with Crippen LogP contribution in [0.4, 0.5) is 5.69 Å². The van der Waals surface area contributed by atoms with E-state index in [-0.39, 0.29) is 5.56 Å². The van der Waals surface area contributed by atoms with E-state index in [2.05, 4.69) is 22.9 Å². The molecule has 1 aromatic heterocycles. The van der Waals surface area contributed by atoms with E-state index in [9.17, 15) is 4.79 Å². The smallest absolute Gasteiger partial charge is 0.261 e. The first kappa shape index (κ1) is 16.8. The Morgan fingerprint density at radius 3 is 2.63 bits per heavy atom. The lowest BCUT2D eigenvalue weighted by molar-refractivity contribution is 0.292.